The maximum atomic E-state index is 5.66. The Kier molecular flexibility index (Phi) is 3.96. The number of hydrogen-bond acceptors (Lipinski definition) is 3. The highest BCUT2D eigenvalue weighted by Crippen LogP contribution is 2.08. The second kappa shape index (κ2) is 5.02. The van der Waals surface area contributed by atoms with Gasteiger partial charge in [-0.3, -0.25) is 0 Å². The Morgan fingerprint density at radius 2 is 1.85 bits per heavy atom. The second-order valence-electron chi connectivity index (χ2n) is 2.88. The van der Waals surface area contributed by atoms with Gasteiger partial charge in [0.05, 0.1) is 17.4 Å². The van der Waals surface area contributed by atoms with E-state index in [1.807, 2.05) is 0 Å². The molecule has 0 radical (unpaired) electrons. The van der Waals surface area contributed by atoms with Gasteiger partial charge in [-0.2, -0.15) is 0 Å². The van der Waals surface area contributed by atoms with Crippen molar-refractivity contribution in [2.75, 3.05) is 5.32 Å². The Bertz CT molecular complexity index is 244. The first-order chi connectivity index (χ1) is 6.26. The van der Waals surface area contributed by atoms with Crippen LogP contribution in [-0.4, -0.2) is 16.0 Å². The van der Waals surface area contributed by atoms with Crippen LogP contribution in [0.1, 0.15) is 26.7 Å². The smallest absolute Gasteiger partial charge is 0.222 e. The molecule has 1 heterocycles. The third kappa shape index (κ3) is 3.19. The van der Waals surface area contributed by atoms with Crippen molar-refractivity contribution in [2.24, 2.45) is 0 Å². The highest BCUT2D eigenvalue weighted by Gasteiger charge is 2.03. The molecule has 13 heavy (non-hydrogen) atoms. The molecule has 0 aliphatic heterocycles. The summed E-state index contributed by atoms with van der Waals surface area (Å²) in [5.41, 5.74) is 0. The zero-order chi connectivity index (χ0) is 9.68. The summed E-state index contributed by atoms with van der Waals surface area (Å²) < 4.78 is 0. The van der Waals surface area contributed by atoms with Gasteiger partial charge in [0.15, 0.2) is 0 Å². The van der Waals surface area contributed by atoms with Gasteiger partial charge in [-0.15, -0.1) is 0 Å². The van der Waals surface area contributed by atoms with Crippen molar-refractivity contribution in [3.05, 3.63) is 17.4 Å². The average Bonchev–Trinajstić information content (AvgIpc) is 2.17. The predicted molar refractivity (Wildman–Crippen MR) is 55.0 cm³/mol. The average molecular weight is 200 g/mol. The van der Waals surface area contributed by atoms with Crippen LogP contribution in [0.5, 0.6) is 0 Å². The minimum Gasteiger partial charge on any atom is -0.352 e. The highest BCUT2D eigenvalue weighted by atomic mass is 35.5. The van der Waals surface area contributed by atoms with Gasteiger partial charge in [-0.25, -0.2) is 9.97 Å². The molecule has 0 atom stereocenters. The van der Waals surface area contributed by atoms with Gasteiger partial charge in [0.25, 0.3) is 0 Å². The highest BCUT2D eigenvalue weighted by molar-refractivity contribution is 6.30. The maximum Gasteiger partial charge on any atom is 0.222 e. The molecule has 0 fully saturated rings. The molecule has 1 aromatic rings. The molecular formula is C9H14ClN3. The van der Waals surface area contributed by atoms with E-state index in [1.165, 1.54) is 0 Å². The number of hydrogen-bond donors (Lipinski definition) is 1. The molecule has 0 spiro atoms. The van der Waals surface area contributed by atoms with E-state index in [9.17, 15) is 0 Å². The number of aromatic nitrogens is 2. The Balaban J connectivity index is 2.58. The first kappa shape index (κ1) is 10.3. The monoisotopic (exact) mass is 199 g/mol. The van der Waals surface area contributed by atoms with Crippen molar-refractivity contribution in [1.82, 2.24) is 9.97 Å². The summed E-state index contributed by atoms with van der Waals surface area (Å²) in [5.74, 6) is 0.651. The summed E-state index contributed by atoms with van der Waals surface area (Å²) in [4.78, 5) is 8.12. The maximum absolute atomic E-state index is 5.66. The molecule has 1 rings (SSSR count). The topological polar surface area (TPSA) is 37.8 Å². The van der Waals surface area contributed by atoms with E-state index in [2.05, 4.69) is 29.1 Å². The number of halogens is 1. The molecule has 0 amide bonds. The number of anilines is 1. The molecule has 0 unspecified atom stereocenters. The zero-order valence-electron chi connectivity index (χ0n) is 7.92. The summed E-state index contributed by atoms with van der Waals surface area (Å²) in [7, 11) is 0. The van der Waals surface area contributed by atoms with Gasteiger partial charge in [0.2, 0.25) is 5.95 Å². The van der Waals surface area contributed by atoms with Crippen molar-refractivity contribution in [3.8, 4) is 0 Å². The zero-order valence-corrected chi connectivity index (χ0v) is 8.67. The first-order valence-electron chi connectivity index (χ1n) is 4.50. The van der Waals surface area contributed by atoms with Gasteiger partial charge < -0.3 is 5.32 Å². The van der Waals surface area contributed by atoms with Gasteiger partial charge in [-0.05, 0) is 12.8 Å². The summed E-state index contributed by atoms with van der Waals surface area (Å²) in [6.45, 7) is 4.27. The minimum atomic E-state index is 0.446. The van der Waals surface area contributed by atoms with Crippen molar-refractivity contribution < 1.29 is 0 Å². The van der Waals surface area contributed by atoms with E-state index in [4.69, 9.17) is 11.6 Å². The van der Waals surface area contributed by atoms with E-state index in [0.717, 1.165) is 12.8 Å². The van der Waals surface area contributed by atoms with E-state index in [0.29, 0.717) is 17.0 Å². The van der Waals surface area contributed by atoms with E-state index < -0.39 is 0 Å². The fraction of sp³-hybridized carbons (Fsp3) is 0.556. The summed E-state index contributed by atoms with van der Waals surface area (Å²) >= 11 is 5.66. The van der Waals surface area contributed by atoms with Crippen LogP contribution in [0.3, 0.4) is 0 Å². The van der Waals surface area contributed by atoms with Crippen LogP contribution >= 0.6 is 11.6 Å². The molecule has 0 saturated carbocycles. The normalized spacial score (nSPS) is 10.5. The fourth-order valence-corrected chi connectivity index (χ4v) is 1.16. The fourth-order valence-electron chi connectivity index (χ4n) is 1.06. The number of rotatable bonds is 4. The predicted octanol–water partition coefficient (Wildman–Crippen LogP) is 2.73. The van der Waals surface area contributed by atoms with Crippen LogP contribution in [0.2, 0.25) is 5.02 Å². The molecule has 3 nitrogen and oxygen atoms in total. The lowest BCUT2D eigenvalue weighted by Gasteiger charge is -2.13. The van der Waals surface area contributed by atoms with E-state index in [1.54, 1.807) is 12.4 Å². The largest absolute Gasteiger partial charge is 0.352 e. The van der Waals surface area contributed by atoms with Crippen molar-refractivity contribution in [1.29, 1.82) is 0 Å². The lowest BCUT2D eigenvalue weighted by Crippen LogP contribution is -2.18. The van der Waals surface area contributed by atoms with Crippen LogP contribution in [-0.2, 0) is 0 Å². The second-order valence-corrected chi connectivity index (χ2v) is 3.32. The summed E-state index contributed by atoms with van der Waals surface area (Å²) in [6.07, 6.45) is 5.34. The Morgan fingerprint density at radius 3 is 2.31 bits per heavy atom. The molecule has 0 aliphatic carbocycles. The molecule has 1 aromatic heterocycles. The van der Waals surface area contributed by atoms with Gasteiger partial charge in [0, 0.05) is 6.04 Å². The van der Waals surface area contributed by atoms with E-state index in [-0.39, 0.29) is 0 Å². The van der Waals surface area contributed by atoms with Crippen LogP contribution in [0, 0.1) is 0 Å². The van der Waals surface area contributed by atoms with Crippen LogP contribution in [0.4, 0.5) is 5.95 Å². The Labute approximate surface area is 83.5 Å². The van der Waals surface area contributed by atoms with Crippen molar-refractivity contribution in [2.45, 2.75) is 32.7 Å². The SMILES string of the molecule is CCC(CC)Nc1ncc(Cl)cn1. The molecule has 72 valence electrons. The molecule has 0 bridgehead atoms. The minimum absolute atomic E-state index is 0.446. The molecule has 0 aromatic carbocycles. The molecular weight excluding hydrogens is 186 g/mol. The van der Waals surface area contributed by atoms with Crippen molar-refractivity contribution >= 4 is 17.5 Å². The Hall–Kier alpha value is -0.830. The third-order valence-electron chi connectivity index (χ3n) is 1.94. The lowest BCUT2D eigenvalue weighted by molar-refractivity contribution is 0.664. The summed E-state index contributed by atoms with van der Waals surface area (Å²) in [6, 6.07) is 0.446. The quantitative estimate of drug-likeness (QED) is 0.811. The van der Waals surface area contributed by atoms with Crippen molar-refractivity contribution in [3.63, 3.8) is 0 Å². The van der Waals surface area contributed by atoms with Crippen LogP contribution in [0.15, 0.2) is 12.4 Å². The molecule has 0 aliphatic rings. The van der Waals surface area contributed by atoms with E-state index >= 15 is 0 Å². The Morgan fingerprint density at radius 1 is 1.31 bits per heavy atom. The third-order valence-corrected chi connectivity index (χ3v) is 2.13. The number of nitrogens with one attached hydrogen (secondary N) is 1. The molecule has 1 N–H and O–H groups in total. The summed E-state index contributed by atoms with van der Waals surface area (Å²) in [5, 5.41) is 3.79. The standard InChI is InChI=1S/C9H14ClN3/c1-3-8(4-2)13-9-11-5-7(10)6-12-9/h5-6,8H,3-4H2,1-2H3,(H,11,12,13). The van der Waals surface area contributed by atoms with Crippen LogP contribution in [0.25, 0.3) is 0 Å². The first-order valence-corrected chi connectivity index (χ1v) is 4.88. The van der Waals surface area contributed by atoms with Gasteiger partial charge >= 0.3 is 0 Å². The lowest BCUT2D eigenvalue weighted by atomic mass is 10.2. The molecule has 4 heteroatoms. The van der Waals surface area contributed by atoms with Gasteiger partial charge in [0.1, 0.15) is 0 Å². The van der Waals surface area contributed by atoms with Crippen LogP contribution < -0.4 is 5.32 Å². The number of nitrogens with zero attached hydrogens (tertiary/aromatic N) is 2. The molecule has 0 saturated heterocycles. The van der Waals surface area contributed by atoms with Gasteiger partial charge in [-0.1, -0.05) is 25.4 Å².